The summed E-state index contributed by atoms with van der Waals surface area (Å²) in [4.78, 5) is 44.0. The maximum absolute atomic E-state index is 13.3. The normalized spacial score (nSPS) is 24.4. The Morgan fingerprint density at radius 2 is 1.94 bits per heavy atom. The molecule has 0 aliphatic carbocycles. The number of unbranched alkanes of at least 4 members (excludes halogenated alkanes) is 1. The lowest BCUT2D eigenvalue weighted by Gasteiger charge is -2.57. The summed E-state index contributed by atoms with van der Waals surface area (Å²) < 4.78 is 3.63. The van der Waals surface area contributed by atoms with Gasteiger partial charge in [0.05, 0.1) is 6.54 Å². The van der Waals surface area contributed by atoms with E-state index in [9.17, 15) is 19.5 Å². The maximum Gasteiger partial charge on any atom is 0.329 e. The number of phenols is 1. The van der Waals surface area contributed by atoms with Gasteiger partial charge in [-0.15, -0.1) is 11.8 Å². The summed E-state index contributed by atoms with van der Waals surface area (Å²) in [7, 11) is 1.83. The number of carbonyl (C=O) groups is 3. The highest BCUT2D eigenvalue weighted by atomic mass is 35.6. The van der Waals surface area contributed by atoms with E-state index >= 15 is 0 Å². The van der Waals surface area contributed by atoms with Crippen molar-refractivity contribution in [2.24, 2.45) is 0 Å². The average Bonchev–Trinajstić information content (AvgIpc) is 2.78. The number of hydrogen-bond acceptors (Lipinski definition) is 7. The number of anilines is 1. The maximum atomic E-state index is 13.3. The van der Waals surface area contributed by atoms with E-state index in [1.807, 2.05) is 11.9 Å². The Bertz CT molecular complexity index is 929. The minimum Gasteiger partial charge on any atom is -0.508 e. The summed E-state index contributed by atoms with van der Waals surface area (Å²) in [5.41, 5.74) is -0.588. The zero-order chi connectivity index (χ0) is 25.3. The van der Waals surface area contributed by atoms with Gasteiger partial charge >= 0.3 is 5.97 Å². The molecule has 0 bridgehead atoms. The molecule has 2 saturated heterocycles. The van der Waals surface area contributed by atoms with Crippen molar-refractivity contribution in [2.75, 3.05) is 37.4 Å². The van der Waals surface area contributed by atoms with Gasteiger partial charge in [-0.3, -0.25) is 19.4 Å². The van der Waals surface area contributed by atoms with Crippen LogP contribution < -0.4 is 4.90 Å². The SMILES string of the molecule is CCCCN(C)C1(C(=O)OCC(Cl)(Cl)Cl)CS[C@@H]2C(N(C(C)=O)c3ccc(O)cc3)C(=O)N2C1. The van der Waals surface area contributed by atoms with Crippen molar-refractivity contribution in [2.45, 2.75) is 47.4 Å². The van der Waals surface area contributed by atoms with Crippen LogP contribution in [-0.2, 0) is 19.1 Å². The molecule has 2 amide bonds. The van der Waals surface area contributed by atoms with Crippen molar-refractivity contribution in [1.29, 1.82) is 0 Å². The molecule has 8 nitrogen and oxygen atoms in total. The van der Waals surface area contributed by atoms with Crippen molar-refractivity contribution in [3.05, 3.63) is 24.3 Å². The van der Waals surface area contributed by atoms with Crippen molar-refractivity contribution in [3.8, 4) is 5.75 Å². The Hall–Kier alpha value is -1.39. The third-order valence-corrected chi connectivity index (χ3v) is 7.93. The number of benzene rings is 1. The number of β-lactam (4-membered cyclic amide) rings is 1. The second-order valence-electron chi connectivity index (χ2n) is 8.52. The summed E-state index contributed by atoms with van der Waals surface area (Å²) in [5, 5.41) is 9.27. The quantitative estimate of drug-likeness (QED) is 0.300. The zero-order valence-corrected chi connectivity index (χ0v) is 22.3. The molecule has 188 valence electrons. The lowest BCUT2D eigenvalue weighted by molar-refractivity contribution is -0.163. The number of phenolic OH excluding ortho intramolecular Hbond substituents is 1. The Morgan fingerprint density at radius 1 is 1.29 bits per heavy atom. The number of carbonyl (C=O) groups excluding carboxylic acids is 3. The number of amides is 2. The first-order valence-corrected chi connectivity index (χ1v) is 13.1. The van der Waals surface area contributed by atoms with Crippen molar-refractivity contribution in [3.63, 3.8) is 0 Å². The smallest absolute Gasteiger partial charge is 0.329 e. The molecule has 2 aliphatic heterocycles. The Kier molecular flexibility index (Phi) is 8.56. The number of rotatable bonds is 8. The fraction of sp³-hybridized carbons (Fsp3) is 0.591. The van der Waals surface area contributed by atoms with Gasteiger partial charge in [0.1, 0.15) is 29.3 Å². The van der Waals surface area contributed by atoms with Crippen LogP contribution in [0.3, 0.4) is 0 Å². The van der Waals surface area contributed by atoms with Crippen LogP contribution >= 0.6 is 46.6 Å². The minimum atomic E-state index is -1.74. The highest BCUT2D eigenvalue weighted by molar-refractivity contribution is 8.00. The van der Waals surface area contributed by atoms with Crippen LogP contribution in [0.2, 0.25) is 0 Å². The Morgan fingerprint density at radius 3 is 2.50 bits per heavy atom. The monoisotopic (exact) mass is 551 g/mol. The number of ether oxygens (including phenoxy) is 1. The molecule has 3 rings (SSSR count). The van der Waals surface area contributed by atoms with E-state index in [1.54, 1.807) is 17.0 Å². The number of hydrogen-bond donors (Lipinski definition) is 1. The molecule has 2 unspecified atom stereocenters. The van der Waals surface area contributed by atoms with Crippen molar-refractivity contribution < 1.29 is 24.2 Å². The van der Waals surface area contributed by atoms with Gasteiger partial charge in [-0.05, 0) is 44.3 Å². The fourth-order valence-electron chi connectivity index (χ4n) is 4.20. The lowest BCUT2D eigenvalue weighted by atomic mass is 9.93. The molecule has 0 aromatic heterocycles. The van der Waals surface area contributed by atoms with Gasteiger partial charge in [-0.25, -0.2) is 4.79 Å². The fourth-order valence-corrected chi connectivity index (χ4v) is 6.01. The first-order chi connectivity index (χ1) is 15.9. The van der Waals surface area contributed by atoms with E-state index in [0.29, 0.717) is 18.0 Å². The molecule has 12 heteroatoms. The number of alkyl halides is 3. The molecule has 0 saturated carbocycles. The third-order valence-electron chi connectivity index (χ3n) is 6.11. The molecular weight excluding hydrogens is 525 g/mol. The van der Waals surface area contributed by atoms with Crippen molar-refractivity contribution >= 4 is 70.0 Å². The number of halogens is 3. The van der Waals surface area contributed by atoms with Gasteiger partial charge in [0, 0.05) is 18.4 Å². The summed E-state index contributed by atoms with van der Waals surface area (Å²) in [6.07, 6.45) is 1.80. The zero-order valence-electron chi connectivity index (χ0n) is 19.2. The average molecular weight is 553 g/mol. The predicted molar refractivity (Wildman–Crippen MR) is 135 cm³/mol. The molecular formula is C22H28Cl3N3O5S. The lowest BCUT2D eigenvalue weighted by Crippen LogP contribution is -2.78. The molecule has 2 heterocycles. The molecule has 1 aromatic carbocycles. The Balaban J connectivity index is 1.83. The molecule has 2 fully saturated rings. The van der Waals surface area contributed by atoms with E-state index in [2.05, 4.69) is 6.92 Å². The Labute approximate surface area is 218 Å². The number of likely N-dealkylation sites (N-methyl/N-ethyl adjacent to an activating group) is 1. The van der Waals surface area contributed by atoms with Crippen LogP contribution in [0.15, 0.2) is 24.3 Å². The van der Waals surface area contributed by atoms with E-state index in [0.717, 1.165) is 12.8 Å². The van der Waals surface area contributed by atoms with E-state index in [4.69, 9.17) is 39.5 Å². The van der Waals surface area contributed by atoms with Gasteiger partial charge in [0.15, 0.2) is 0 Å². The summed E-state index contributed by atoms with van der Waals surface area (Å²) in [5.74, 6) is -0.694. The largest absolute Gasteiger partial charge is 0.508 e. The van der Waals surface area contributed by atoms with Crippen LogP contribution in [0.5, 0.6) is 5.75 Å². The van der Waals surface area contributed by atoms with Gasteiger partial charge in [0.25, 0.3) is 0 Å². The topological polar surface area (TPSA) is 90.4 Å². The first kappa shape index (κ1) is 27.2. The van der Waals surface area contributed by atoms with Crippen LogP contribution in [0.4, 0.5) is 5.69 Å². The van der Waals surface area contributed by atoms with Crippen molar-refractivity contribution in [1.82, 2.24) is 9.80 Å². The number of esters is 1. The number of aromatic hydroxyl groups is 1. The highest BCUT2D eigenvalue weighted by Crippen LogP contribution is 2.44. The summed E-state index contributed by atoms with van der Waals surface area (Å²) in [6.45, 7) is 3.79. The van der Waals surface area contributed by atoms with Crippen LogP contribution in [0.25, 0.3) is 0 Å². The third kappa shape index (κ3) is 5.54. The van der Waals surface area contributed by atoms with E-state index in [-0.39, 0.29) is 29.5 Å². The summed E-state index contributed by atoms with van der Waals surface area (Å²) >= 11 is 18.8. The molecule has 0 radical (unpaired) electrons. The van der Waals surface area contributed by atoms with Gasteiger partial charge in [-0.1, -0.05) is 48.1 Å². The van der Waals surface area contributed by atoms with Crippen LogP contribution in [0, 0.1) is 0 Å². The molecule has 34 heavy (non-hydrogen) atoms. The van der Waals surface area contributed by atoms with Crippen LogP contribution in [0.1, 0.15) is 26.7 Å². The standard InChI is InChI=1S/C22H28Cl3N3O5S/c1-4-5-10-26(3)21(20(32)33-12-22(23,24)25)11-27-18(31)17(19(27)34-13-21)28(14(2)29)15-6-8-16(30)9-7-15/h6-9,17,19,30H,4-5,10-13H2,1-3H3/t17?,19-,21?/m1/s1. The second kappa shape index (κ2) is 10.7. The molecule has 1 N–H and O–H groups in total. The molecule has 3 atom stereocenters. The number of fused-ring (bicyclic) bond motifs is 1. The molecule has 2 aliphatic rings. The van der Waals surface area contributed by atoms with Gasteiger partial charge < -0.3 is 14.7 Å². The predicted octanol–water partition coefficient (Wildman–Crippen LogP) is 3.41. The van der Waals surface area contributed by atoms with Gasteiger partial charge in [-0.2, -0.15) is 0 Å². The van der Waals surface area contributed by atoms with E-state index in [1.165, 1.54) is 35.7 Å². The first-order valence-electron chi connectivity index (χ1n) is 10.9. The molecule has 0 spiro atoms. The van der Waals surface area contributed by atoms with Gasteiger partial charge in [0.2, 0.25) is 15.6 Å². The molecule has 1 aromatic rings. The van der Waals surface area contributed by atoms with E-state index < -0.39 is 27.9 Å². The number of nitrogens with zero attached hydrogens (tertiary/aromatic N) is 3. The summed E-state index contributed by atoms with van der Waals surface area (Å²) in [6, 6.07) is 5.42. The minimum absolute atomic E-state index is 0.0640. The van der Waals surface area contributed by atoms with Crippen LogP contribution in [-0.4, -0.2) is 85.9 Å². The highest BCUT2D eigenvalue weighted by Gasteiger charge is 2.61. The number of thioether (sulfide) groups is 1. The second-order valence-corrected chi connectivity index (χ2v) is 12.1.